The van der Waals surface area contributed by atoms with Crippen LogP contribution in [0.3, 0.4) is 0 Å². The number of benzene rings is 1. The summed E-state index contributed by atoms with van der Waals surface area (Å²) < 4.78 is 2.25. The molecule has 0 fully saturated rings. The number of rotatable bonds is 2. The van der Waals surface area contributed by atoms with E-state index in [2.05, 4.69) is 31.9 Å². The van der Waals surface area contributed by atoms with Gasteiger partial charge in [0.2, 0.25) is 0 Å². The molecule has 0 bridgehead atoms. The van der Waals surface area contributed by atoms with E-state index in [0.717, 1.165) is 15.4 Å². The molecule has 1 rings (SSSR count). The molecule has 0 saturated heterocycles. The zero-order chi connectivity index (χ0) is 8.27. The van der Waals surface area contributed by atoms with E-state index in [-0.39, 0.29) is 0 Å². The Kier molecular flexibility index (Phi) is 3.55. The number of nitrogens with two attached hydrogens (primary N) is 1. The second-order valence-corrected chi connectivity index (χ2v) is 3.95. The number of hydrogen-bond acceptors (Lipinski definition) is 1. The smallest absolute Gasteiger partial charge is 0.0219 e. The minimum atomic E-state index is 0.682. The molecular formula is C8H9Br2N. The van der Waals surface area contributed by atoms with Crippen molar-refractivity contribution in [2.45, 2.75) is 6.42 Å². The molecule has 11 heavy (non-hydrogen) atoms. The van der Waals surface area contributed by atoms with Crippen LogP contribution in [0.15, 0.2) is 27.1 Å². The molecular weight excluding hydrogens is 270 g/mol. The van der Waals surface area contributed by atoms with Crippen molar-refractivity contribution < 1.29 is 0 Å². The monoisotopic (exact) mass is 277 g/mol. The molecule has 0 heterocycles. The minimum Gasteiger partial charge on any atom is -0.330 e. The molecule has 1 nitrogen and oxygen atoms in total. The molecule has 0 aromatic heterocycles. The Morgan fingerprint density at radius 1 is 1.18 bits per heavy atom. The van der Waals surface area contributed by atoms with Crippen molar-refractivity contribution in [2.24, 2.45) is 5.73 Å². The molecule has 0 unspecified atom stereocenters. The average molecular weight is 279 g/mol. The number of halogens is 2. The van der Waals surface area contributed by atoms with Crippen LogP contribution >= 0.6 is 31.9 Å². The summed E-state index contributed by atoms with van der Waals surface area (Å²) in [5, 5.41) is 0. The number of hydrogen-bond donors (Lipinski definition) is 1. The highest BCUT2D eigenvalue weighted by Gasteiger charge is 2.01. The van der Waals surface area contributed by atoms with Crippen LogP contribution in [-0.2, 0) is 6.42 Å². The quantitative estimate of drug-likeness (QED) is 0.885. The van der Waals surface area contributed by atoms with E-state index < -0.39 is 0 Å². The molecule has 0 spiro atoms. The molecule has 0 atom stereocenters. The molecule has 0 radical (unpaired) electrons. The van der Waals surface area contributed by atoms with Gasteiger partial charge in [-0.05, 0) is 30.7 Å². The van der Waals surface area contributed by atoms with E-state index in [9.17, 15) is 0 Å². The zero-order valence-corrected chi connectivity index (χ0v) is 9.15. The van der Waals surface area contributed by atoms with Gasteiger partial charge < -0.3 is 5.73 Å². The summed E-state index contributed by atoms with van der Waals surface area (Å²) in [6.45, 7) is 0.682. The lowest BCUT2D eigenvalue weighted by atomic mass is 10.2. The first kappa shape index (κ1) is 9.23. The van der Waals surface area contributed by atoms with Crippen LogP contribution < -0.4 is 5.73 Å². The lowest BCUT2D eigenvalue weighted by molar-refractivity contribution is 0.958. The second kappa shape index (κ2) is 4.24. The Labute approximate surface area is 83.2 Å². The summed E-state index contributed by atoms with van der Waals surface area (Å²) in [6.07, 6.45) is 0.905. The predicted molar refractivity (Wildman–Crippen MR) is 54.6 cm³/mol. The summed E-state index contributed by atoms with van der Waals surface area (Å²) in [6, 6.07) is 6.04. The largest absolute Gasteiger partial charge is 0.330 e. The standard InChI is InChI=1S/C8H9Br2N/c9-7-2-1-3-8(10)6(7)4-5-11/h1-3H,4-5,11H2. The van der Waals surface area contributed by atoms with Crippen molar-refractivity contribution >= 4 is 31.9 Å². The van der Waals surface area contributed by atoms with Crippen molar-refractivity contribution in [1.82, 2.24) is 0 Å². The predicted octanol–water partition coefficient (Wildman–Crippen LogP) is 2.71. The summed E-state index contributed by atoms with van der Waals surface area (Å²) in [4.78, 5) is 0. The van der Waals surface area contributed by atoms with Gasteiger partial charge in [0.25, 0.3) is 0 Å². The minimum absolute atomic E-state index is 0.682. The molecule has 2 N–H and O–H groups in total. The van der Waals surface area contributed by atoms with E-state index in [1.807, 2.05) is 18.2 Å². The van der Waals surface area contributed by atoms with Crippen molar-refractivity contribution in [3.8, 4) is 0 Å². The van der Waals surface area contributed by atoms with Gasteiger partial charge in [-0.3, -0.25) is 0 Å². The Hall–Kier alpha value is 0.140. The Balaban J connectivity index is 3.00. The van der Waals surface area contributed by atoms with E-state index >= 15 is 0 Å². The molecule has 0 aliphatic carbocycles. The summed E-state index contributed by atoms with van der Waals surface area (Å²) in [5.74, 6) is 0. The van der Waals surface area contributed by atoms with Gasteiger partial charge >= 0.3 is 0 Å². The molecule has 0 amide bonds. The molecule has 0 aliphatic heterocycles. The maximum atomic E-state index is 5.46. The van der Waals surface area contributed by atoms with E-state index in [0.29, 0.717) is 6.54 Å². The normalized spacial score (nSPS) is 10.1. The Morgan fingerprint density at radius 3 is 2.18 bits per heavy atom. The van der Waals surface area contributed by atoms with Gasteiger partial charge in [0.15, 0.2) is 0 Å². The highest BCUT2D eigenvalue weighted by molar-refractivity contribution is 9.11. The van der Waals surface area contributed by atoms with Gasteiger partial charge in [0, 0.05) is 8.95 Å². The third kappa shape index (κ3) is 2.29. The molecule has 3 heteroatoms. The van der Waals surface area contributed by atoms with E-state index in [4.69, 9.17) is 5.73 Å². The highest BCUT2D eigenvalue weighted by atomic mass is 79.9. The fourth-order valence-corrected chi connectivity index (χ4v) is 2.31. The molecule has 1 aromatic rings. The van der Waals surface area contributed by atoms with E-state index in [1.165, 1.54) is 5.56 Å². The molecule has 0 saturated carbocycles. The van der Waals surface area contributed by atoms with Crippen molar-refractivity contribution in [3.05, 3.63) is 32.7 Å². The van der Waals surface area contributed by atoms with Gasteiger partial charge in [-0.15, -0.1) is 0 Å². The highest BCUT2D eigenvalue weighted by Crippen LogP contribution is 2.24. The van der Waals surface area contributed by atoms with Gasteiger partial charge in [-0.25, -0.2) is 0 Å². The molecule has 60 valence electrons. The fourth-order valence-electron chi connectivity index (χ4n) is 0.916. The first-order chi connectivity index (χ1) is 5.25. The lowest BCUT2D eigenvalue weighted by Gasteiger charge is -2.04. The lowest BCUT2D eigenvalue weighted by Crippen LogP contribution is -2.03. The van der Waals surface area contributed by atoms with Crippen LogP contribution in [0.4, 0.5) is 0 Å². The van der Waals surface area contributed by atoms with Crippen LogP contribution in [0, 0.1) is 0 Å². The Morgan fingerprint density at radius 2 is 1.73 bits per heavy atom. The van der Waals surface area contributed by atoms with Crippen LogP contribution in [0.1, 0.15) is 5.56 Å². The topological polar surface area (TPSA) is 26.0 Å². The maximum absolute atomic E-state index is 5.46. The van der Waals surface area contributed by atoms with Gasteiger partial charge in [0.1, 0.15) is 0 Å². The molecule has 1 aromatic carbocycles. The van der Waals surface area contributed by atoms with E-state index in [1.54, 1.807) is 0 Å². The van der Waals surface area contributed by atoms with Gasteiger partial charge in [-0.1, -0.05) is 37.9 Å². The van der Waals surface area contributed by atoms with Gasteiger partial charge in [0.05, 0.1) is 0 Å². The van der Waals surface area contributed by atoms with Crippen molar-refractivity contribution in [1.29, 1.82) is 0 Å². The van der Waals surface area contributed by atoms with Crippen LogP contribution in [0.5, 0.6) is 0 Å². The summed E-state index contributed by atoms with van der Waals surface area (Å²) in [5.41, 5.74) is 6.70. The van der Waals surface area contributed by atoms with Crippen molar-refractivity contribution in [2.75, 3.05) is 6.54 Å². The first-order valence-electron chi connectivity index (χ1n) is 3.38. The average Bonchev–Trinajstić information content (AvgIpc) is 1.97. The fraction of sp³-hybridized carbons (Fsp3) is 0.250. The maximum Gasteiger partial charge on any atom is 0.0219 e. The third-order valence-electron chi connectivity index (χ3n) is 1.46. The first-order valence-corrected chi connectivity index (χ1v) is 4.97. The Bertz CT molecular complexity index is 228. The SMILES string of the molecule is NCCc1c(Br)cccc1Br. The summed E-state index contributed by atoms with van der Waals surface area (Å²) in [7, 11) is 0. The van der Waals surface area contributed by atoms with Crippen LogP contribution in [0.25, 0.3) is 0 Å². The van der Waals surface area contributed by atoms with Gasteiger partial charge in [-0.2, -0.15) is 0 Å². The van der Waals surface area contributed by atoms with Crippen LogP contribution in [0.2, 0.25) is 0 Å². The second-order valence-electron chi connectivity index (χ2n) is 2.24. The zero-order valence-electron chi connectivity index (χ0n) is 5.98. The van der Waals surface area contributed by atoms with Crippen LogP contribution in [-0.4, -0.2) is 6.54 Å². The van der Waals surface area contributed by atoms with Crippen molar-refractivity contribution in [3.63, 3.8) is 0 Å². The summed E-state index contributed by atoms with van der Waals surface area (Å²) >= 11 is 6.93. The molecule has 0 aliphatic rings. The third-order valence-corrected chi connectivity index (χ3v) is 2.94.